The highest BCUT2D eigenvalue weighted by molar-refractivity contribution is 5.94. The normalized spacial score (nSPS) is 15.9. The van der Waals surface area contributed by atoms with Crippen LogP contribution in [0.15, 0.2) is 18.5 Å². The molecule has 0 spiro atoms. The van der Waals surface area contributed by atoms with Crippen molar-refractivity contribution in [1.82, 2.24) is 9.88 Å². The van der Waals surface area contributed by atoms with Gasteiger partial charge in [0, 0.05) is 18.8 Å². The van der Waals surface area contributed by atoms with Crippen LogP contribution in [-0.4, -0.2) is 40.1 Å². The molecule has 1 fully saturated rings. The van der Waals surface area contributed by atoms with Crippen molar-refractivity contribution in [3.63, 3.8) is 0 Å². The molecule has 4 nitrogen and oxygen atoms in total. The van der Waals surface area contributed by atoms with Gasteiger partial charge in [-0.05, 0) is 18.9 Å². The summed E-state index contributed by atoms with van der Waals surface area (Å²) in [6, 6.07) is 1.35. The van der Waals surface area contributed by atoms with E-state index >= 15 is 0 Å². The largest absolute Gasteiger partial charge is 0.395 e. The minimum atomic E-state index is -0.517. The fourth-order valence-electron chi connectivity index (χ4n) is 2.47. The molecular formula is C13H17FN2O2. The van der Waals surface area contributed by atoms with E-state index in [0.717, 1.165) is 31.9 Å². The zero-order valence-electron chi connectivity index (χ0n) is 10.2. The maximum Gasteiger partial charge on any atom is 0.255 e. The number of pyridine rings is 1. The van der Waals surface area contributed by atoms with Crippen molar-refractivity contribution in [3.05, 3.63) is 29.8 Å². The minimum Gasteiger partial charge on any atom is -0.395 e. The van der Waals surface area contributed by atoms with Crippen LogP contribution < -0.4 is 0 Å². The fraction of sp³-hybridized carbons (Fsp3) is 0.538. The average Bonchev–Trinajstić information content (AvgIpc) is 2.89. The molecule has 0 aromatic carbocycles. The quantitative estimate of drug-likeness (QED) is 0.885. The van der Waals surface area contributed by atoms with Crippen molar-refractivity contribution in [2.75, 3.05) is 13.2 Å². The first kappa shape index (κ1) is 13.0. The molecular weight excluding hydrogens is 235 g/mol. The number of carbonyl (C=O) groups is 1. The van der Waals surface area contributed by atoms with Gasteiger partial charge in [0.05, 0.1) is 18.4 Å². The molecule has 1 amide bonds. The molecule has 1 N–H and O–H groups in total. The topological polar surface area (TPSA) is 53.4 Å². The Hall–Kier alpha value is -1.49. The van der Waals surface area contributed by atoms with E-state index in [1.807, 2.05) is 0 Å². The van der Waals surface area contributed by atoms with Gasteiger partial charge < -0.3 is 10.0 Å². The van der Waals surface area contributed by atoms with Crippen LogP contribution in [0.3, 0.4) is 0 Å². The summed E-state index contributed by atoms with van der Waals surface area (Å²) in [7, 11) is 0. The van der Waals surface area contributed by atoms with Crippen LogP contribution in [-0.2, 0) is 0 Å². The lowest BCUT2D eigenvalue weighted by atomic mass is 10.1. The molecule has 2 rings (SSSR count). The number of aromatic nitrogens is 1. The maximum atomic E-state index is 13.1. The van der Waals surface area contributed by atoms with Crippen molar-refractivity contribution in [2.45, 2.75) is 31.7 Å². The van der Waals surface area contributed by atoms with Gasteiger partial charge in [-0.15, -0.1) is 0 Å². The van der Waals surface area contributed by atoms with Gasteiger partial charge in [0.1, 0.15) is 5.82 Å². The summed E-state index contributed by atoms with van der Waals surface area (Å²) in [4.78, 5) is 17.6. The van der Waals surface area contributed by atoms with E-state index < -0.39 is 5.82 Å². The molecule has 1 aromatic heterocycles. The molecule has 0 bridgehead atoms. The van der Waals surface area contributed by atoms with Crippen LogP contribution in [0.25, 0.3) is 0 Å². The van der Waals surface area contributed by atoms with Gasteiger partial charge in [-0.3, -0.25) is 9.78 Å². The van der Waals surface area contributed by atoms with E-state index in [4.69, 9.17) is 5.11 Å². The number of aliphatic hydroxyl groups excluding tert-OH is 1. The van der Waals surface area contributed by atoms with Crippen LogP contribution in [0.4, 0.5) is 4.39 Å². The predicted molar refractivity (Wildman–Crippen MR) is 64.6 cm³/mol. The Balaban J connectivity index is 2.17. The molecule has 1 aromatic rings. The van der Waals surface area contributed by atoms with Crippen molar-refractivity contribution < 1.29 is 14.3 Å². The van der Waals surface area contributed by atoms with Gasteiger partial charge in [-0.25, -0.2) is 4.39 Å². The third kappa shape index (κ3) is 2.85. The van der Waals surface area contributed by atoms with Gasteiger partial charge in [0.25, 0.3) is 5.91 Å². The first-order valence-electron chi connectivity index (χ1n) is 6.24. The smallest absolute Gasteiger partial charge is 0.255 e. The van der Waals surface area contributed by atoms with Gasteiger partial charge in [0.2, 0.25) is 0 Å². The molecule has 98 valence electrons. The molecule has 1 aliphatic carbocycles. The number of rotatable bonds is 4. The van der Waals surface area contributed by atoms with Crippen LogP contribution in [0.1, 0.15) is 36.0 Å². The van der Waals surface area contributed by atoms with Crippen molar-refractivity contribution >= 4 is 5.91 Å². The number of hydrogen-bond acceptors (Lipinski definition) is 3. The highest BCUT2D eigenvalue weighted by Crippen LogP contribution is 2.24. The number of hydrogen-bond donors (Lipinski definition) is 1. The second kappa shape index (κ2) is 5.91. The minimum absolute atomic E-state index is 0.0784. The number of nitrogens with zero attached hydrogens (tertiary/aromatic N) is 2. The molecule has 18 heavy (non-hydrogen) atoms. The summed E-state index contributed by atoms with van der Waals surface area (Å²) in [5.74, 6) is -0.765. The summed E-state index contributed by atoms with van der Waals surface area (Å²) in [5, 5.41) is 9.06. The van der Waals surface area contributed by atoms with E-state index in [9.17, 15) is 9.18 Å². The lowest BCUT2D eigenvalue weighted by molar-refractivity contribution is 0.0637. The summed E-state index contributed by atoms with van der Waals surface area (Å²) in [6.45, 7) is 0.213. The number of aliphatic hydroxyl groups is 1. The van der Waals surface area contributed by atoms with Gasteiger partial charge >= 0.3 is 0 Å². The highest BCUT2D eigenvalue weighted by Gasteiger charge is 2.27. The SMILES string of the molecule is O=C(c1cncc(F)c1)N(CCO)C1CCCC1. The van der Waals surface area contributed by atoms with E-state index in [2.05, 4.69) is 4.98 Å². The van der Waals surface area contributed by atoms with Gasteiger partial charge in [-0.1, -0.05) is 12.8 Å². The maximum absolute atomic E-state index is 13.1. The van der Waals surface area contributed by atoms with Crippen LogP contribution >= 0.6 is 0 Å². The van der Waals surface area contributed by atoms with Crippen LogP contribution in [0.5, 0.6) is 0 Å². The monoisotopic (exact) mass is 252 g/mol. The Kier molecular flexibility index (Phi) is 4.25. The predicted octanol–water partition coefficient (Wildman–Crippen LogP) is 1.60. The Morgan fingerprint density at radius 2 is 2.17 bits per heavy atom. The van der Waals surface area contributed by atoms with E-state index in [-0.39, 0.29) is 24.1 Å². The molecule has 0 radical (unpaired) electrons. The number of carbonyl (C=O) groups excluding carboxylic acids is 1. The lowest BCUT2D eigenvalue weighted by Gasteiger charge is -2.28. The van der Waals surface area contributed by atoms with E-state index in [0.29, 0.717) is 6.54 Å². The van der Waals surface area contributed by atoms with Crippen LogP contribution in [0, 0.1) is 5.82 Å². The molecule has 1 aliphatic rings. The fourth-order valence-corrected chi connectivity index (χ4v) is 2.47. The molecule has 0 saturated heterocycles. The van der Waals surface area contributed by atoms with E-state index in [1.54, 1.807) is 4.90 Å². The Labute approximate surface area is 105 Å². The lowest BCUT2D eigenvalue weighted by Crippen LogP contribution is -2.40. The Morgan fingerprint density at radius 3 is 2.78 bits per heavy atom. The zero-order valence-corrected chi connectivity index (χ0v) is 10.2. The summed E-state index contributed by atoms with van der Waals surface area (Å²) in [5.41, 5.74) is 0.246. The molecule has 0 aliphatic heterocycles. The molecule has 1 saturated carbocycles. The van der Waals surface area contributed by atoms with Crippen molar-refractivity contribution in [2.24, 2.45) is 0 Å². The summed E-state index contributed by atoms with van der Waals surface area (Å²) in [6.07, 6.45) is 6.54. The molecule has 0 atom stereocenters. The van der Waals surface area contributed by atoms with E-state index in [1.165, 1.54) is 12.3 Å². The Morgan fingerprint density at radius 1 is 1.44 bits per heavy atom. The van der Waals surface area contributed by atoms with Crippen molar-refractivity contribution in [3.8, 4) is 0 Å². The third-order valence-corrected chi connectivity index (χ3v) is 3.32. The third-order valence-electron chi connectivity index (χ3n) is 3.32. The first-order valence-corrected chi connectivity index (χ1v) is 6.24. The standard InChI is InChI=1S/C13H17FN2O2/c14-11-7-10(8-15-9-11)13(18)16(5-6-17)12-3-1-2-4-12/h7-9,12,17H,1-6H2. The summed E-state index contributed by atoms with van der Waals surface area (Å²) < 4.78 is 13.1. The molecule has 5 heteroatoms. The zero-order chi connectivity index (χ0) is 13.0. The van der Waals surface area contributed by atoms with Gasteiger partial charge in [-0.2, -0.15) is 0 Å². The first-order chi connectivity index (χ1) is 8.72. The second-order valence-corrected chi connectivity index (χ2v) is 4.55. The Bertz CT molecular complexity index is 419. The molecule has 1 heterocycles. The summed E-state index contributed by atoms with van der Waals surface area (Å²) >= 11 is 0. The van der Waals surface area contributed by atoms with Crippen molar-refractivity contribution in [1.29, 1.82) is 0 Å². The number of halogens is 1. The molecule has 0 unspecified atom stereocenters. The van der Waals surface area contributed by atoms with Gasteiger partial charge in [0.15, 0.2) is 0 Å². The average molecular weight is 252 g/mol. The van der Waals surface area contributed by atoms with Crippen LogP contribution in [0.2, 0.25) is 0 Å². The number of amides is 1. The highest BCUT2D eigenvalue weighted by atomic mass is 19.1. The second-order valence-electron chi connectivity index (χ2n) is 4.55.